The van der Waals surface area contributed by atoms with Crippen LogP contribution in [0, 0.1) is 0 Å². The molecule has 0 unspecified atom stereocenters. The number of fused-ring (bicyclic) bond motifs is 1. The summed E-state index contributed by atoms with van der Waals surface area (Å²) in [5.74, 6) is 0. The largest absolute Gasteiger partial charge is 0.310 e. The molecule has 248 valence electrons. The van der Waals surface area contributed by atoms with Gasteiger partial charge in [0.25, 0.3) is 0 Å². The molecule has 0 radical (unpaired) electrons. The van der Waals surface area contributed by atoms with Crippen LogP contribution in [0.25, 0.3) is 22.4 Å². The van der Waals surface area contributed by atoms with E-state index in [1.807, 2.05) is 47.6 Å². The fourth-order valence-corrected chi connectivity index (χ4v) is 6.47. The van der Waals surface area contributed by atoms with Crippen molar-refractivity contribution in [2.75, 3.05) is 9.91 Å². The van der Waals surface area contributed by atoms with Crippen LogP contribution in [0.1, 0.15) is 22.3 Å². The summed E-state index contributed by atoms with van der Waals surface area (Å²) in [4.78, 5) is 2.32. The Morgan fingerprint density at radius 1 is 0.365 bits per heavy atom. The smallest absolute Gasteiger partial charge is 0.0652 e. The van der Waals surface area contributed by atoms with Crippen molar-refractivity contribution in [3.05, 3.63) is 235 Å². The number of rotatable bonds is 10. The van der Waals surface area contributed by atoms with Crippen LogP contribution >= 0.6 is 0 Å². The lowest BCUT2D eigenvalue weighted by Crippen LogP contribution is -2.10. The number of hydrogen-bond acceptors (Lipinski definition) is 3. The number of hydrazone groups is 1. The molecule has 52 heavy (non-hydrogen) atoms. The second-order valence-corrected chi connectivity index (χ2v) is 12.6. The van der Waals surface area contributed by atoms with E-state index in [1.54, 1.807) is 0 Å². The number of anilines is 5. The van der Waals surface area contributed by atoms with Gasteiger partial charge in [-0.1, -0.05) is 152 Å². The molecule has 0 atom stereocenters. The molecular weight excluding hydrogens is 631 g/mol. The van der Waals surface area contributed by atoms with Crippen molar-refractivity contribution < 1.29 is 0 Å². The predicted octanol–water partition coefficient (Wildman–Crippen LogP) is 13.1. The van der Waals surface area contributed by atoms with Gasteiger partial charge in [0, 0.05) is 17.1 Å². The molecule has 0 fully saturated rings. The van der Waals surface area contributed by atoms with E-state index in [4.69, 9.17) is 5.10 Å². The molecule has 0 N–H and O–H groups in total. The second kappa shape index (κ2) is 15.3. The highest BCUT2D eigenvalue weighted by Crippen LogP contribution is 2.37. The molecule has 3 heteroatoms. The normalized spacial score (nSPS) is 11.0. The van der Waals surface area contributed by atoms with Crippen LogP contribution in [0.15, 0.2) is 217 Å². The van der Waals surface area contributed by atoms with E-state index in [0.717, 1.165) is 39.6 Å². The minimum atomic E-state index is 1.00. The summed E-state index contributed by atoms with van der Waals surface area (Å²) in [6.07, 6.45) is 4.19. The molecule has 0 amide bonds. The third kappa shape index (κ3) is 7.30. The molecule has 8 rings (SSSR count). The van der Waals surface area contributed by atoms with Crippen LogP contribution in [0.5, 0.6) is 0 Å². The maximum absolute atomic E-state index is 4.93. The maximum Gasteiger partial charge on any atom is 0.0652 e. The van der Waals surface area contributed by atoms with Crippen LogP contribution in [-0.2, 0) is 0 Å². The molecule has 0 saturated carbocycles. The first-order chi connectivity index (χ1) is 25.8. The Bertz CT molecular complexity index is 2340. The summed E-state index contributed by atoms with van der Waals surface area (Å²) in [6.45, 7) is 0. The first-order valence-electron chi connectivity index (χ1n) is 17.5. The molecule has 0 aliphatic carbocycles. The fraction of sp³-hybridized carbons (Fsp3) is 0. The van der Waals surface area contributed by atoms with Crippen molar-refractivity contribution in [1.82, 2.24) is 0 Å². The molecule has 0 bridgehead atoms. The summed E-state index contributed by atoms with van der Waals surface area (Å²) in [7, 11) is 0. The Balaban J connectivity index is 1.14. The van der Waals surface area contributed by atoms with Gasteiger partial charge < -0.3 is 4.90 Å². The van der Waals surface area contributed by atoms with Crippen molar-refractivity contribution in [2.24, 2.45) is 5.10 Å². The van der Waals surface area contributed by atoms with Gasteiger partial charge in [-0.15, -0.1) is 0 Å². The topological polar surface area (TPSA) is 18.8 Å². The van der Waals surface area contributed by atoms with E-state index in [1.165, 1.54) is 27.5 Å². The Kier molecular flexibility index (Phi) is 9.48. The van der Waals surface area contributed by atoms with Gasteiger partial charge in [-0.25, -0.2) is 5.01 Å². The van der Waals surface area contributed by atoms with Crippen LogP contribution in [0.2, 0.25) is 0 Å². The average Bonchev–Trinajstić information content (AvgIpc) is 3.22. The molecule has 0 aromatic heterocycles. The first-order valence-corrected chi connectivity index (χ1v) is 17.5. The first kappa shape index (κ1) is 32.2. The lowest BCUT2D eigenvalue weighted by molar-refractivity contribution is 1.09. The maximum atomic E-state index is 4.93. The van der Waals surface area contributed by atoms with Crippen molar-refractivity contribution in [1.29, 1.82) is 0 Å². The minimum Gasteiger partial charge on any atom is -0.310 e. The SMILES string of the molecule is C(=NN(c1ccccc1)c1ccccc1)c1ccc(N(c2ccc(C=C(c3ccccc3)c3ccccc3)cc2)c2ccc3ccccc3c2)cc1. The van der Waals surface area contributed by atoms with Gasteiger partial charge in [0.2, 0.25) is 0 Å². The molecule has 0 aliphatic rings. The second-order valence-electron chi connectivity index (χ2n) is 12.6. The van der Waals surface area contributed by atoms with Crippen molar-refractivity contribution in [2.45, 2.75) is 0 Å². The average molecular weight is 668 g/mol. The molecule has 8 aromatic rings. The number of hydrogen-bond donors (Lipinski definition) is 0. The molecule has 8 aromatic carbocycles. The van der Waals surface area contributed by atoms with E-state index in [9.17, 15) is 0 Å². The van der Waals surface area contributed by atoms with E-state index >= 15 is 0 Å². The zero-order valence-electron chi connectivity index (χ0n) is 28.7. The van der Waals surface area contributed by atoms with Crippen LogP contribution in [0.4, 0.5) is 28.4 Å². The summed E-state index contributed by atoms with van der Waals surface area (Å²) in [5, 5.41) is 9.31. The predicted molar refractivity (Wildman–Crippen MR) is 221 cm³/mol. The molecule has 0 aliphatic heterocycles. The zero-order valence-corrected chi connectivity index (χ0v) is 28.7. The molecule has 0 heterocycles. The number of para-hydroxylation sites is 2. The van der Waals surface area contributed by atoms with Gasteiger partial charge in [-0.3, -0.25) is 0 Å². The van der Waals surface area contributed by atoms with Gasteiger partial charge in [-0.2, -0.15) is 5.10 Å². The Morgan fingerprint density at radius 3 is 1.35 bits per heavy atom. The lowest BCUT2D eigenvalue weighted by Gasteiger charge is -2.26. The van der Waals surface area contributed by atoms with Crippen molar-refractivity contribution >= 4 is 57.1 Å². The summed E-state index contributed by atoms with van der Waals surface area (Å²) < 4.78 is 0. The summed E-state index contributed by atoms with van der Waals surface area (Å²) >= 11 is 0. The van der Waals surface area contributed by atoms with Gasteiger partial charge in [0.15, 0.2) is 0 Å². The molecular formula is C49H37N3. The van der Waals surface area contributed by atoms with Crippen molar-refractivity contribution in [3.63, 3.8) is 0 Å². The number of benzene rings is 8. The minimum absolute atomic E-state index is 1.00. The quantitative estimate of drug-likeness (QED) is 0.0821. The van der Waals surface area contributed by atoms with E-state index in [2.05, 4.69) is 187 Å². The Hall–Kier alpha value is -6.97. The summed E-state index contributed by atoms with van der Waals surface area (Å²) in [5.41, 5.74) is 11.0. The van der Waals surface area contributed by atoms with Gasteiger partial charge in [0.1, 0.15) is 0 Å². The zero-order chi connectivity index (χ0) is 35.0. The van der Waals surface area contributed by atoms with Crippen LogP contribution < -0.4 is 9.91 Å². The van der Waals surface area contributed by atoms with Gasteiger partial charge >= 0.3 is 0 Å². The highest BCUT2D eigenvalue weighted by atomic mass is 15.5. The van der Waals surface area contributed by atoms with E-state index < -0.39 is 0 Å². The van der Waals surface area contributed by atoms with Crippen LogP contribution in [0.3, 0.4) is 0 Å². The van der Waals surface area contributed by atoms with Crippen LogP contribution in [-0.4, -0.2) is 6.21 Å². The lowest BCUT2D eigenvalue weighted by atomic mass is 9.95. The standard InChI is InChI=1S/C49H37N3/c1-5-16-41(17-6-1)49(42-18-7-2-8-19-42)35-38-25-30-44(31-26-38)51(48-34-29-40-15-13-14-20-43(40)36-48)45-32-27-39(28-33-45)37-50-52(46-21-9-3-10-22-46)47-23-11-4-12-24-47/h1-37H. The molecule has 0 spiro atoms. The fourth-order valence-electron chi connectivity index (χ4n) is 6.47. The van der Waals surface area contributed by atoms with E-state index in [-0.39, 0.29) is 0 Å². The highest BCUT2D eigenvalue weighted by molar-refractivity contribution is 5.93. The van der Waals surface area contributed by atoms with Gasteiger partial charge in [0.05, 0.1) is 17.6 Å². The molecule has 3 nitrogen and oxygen atoms in total. The third-order valence-corrected chi connectivity index (χ3v) is 9.10. The molecule has 0 saturated heterocycles. The van der Waals surface area contributed by atoms with Gasteiger partial charge in [-0.05, 0) is 105 Å². The Labute approximate surface area is 305 Å². The summed E-state index contributed by atoms with van der Waals surface area (Å²) in [6, 6.07) is 74.2. The highest BCUT2D eigenvalue weighted by Gasteiger charge is 2.14. The monoisotopic (exact) mass is 667 g/mol. The Morgan fingerprint density at radius 2 is 0.808 bits per heavy atom. The number of nitrogens with zero attached hydrogens (tertiary/aromatic N) is 3. The van der Waals surface area contributed by atoms with E-state index in [0.29, 0.717) is 0 Å². The third-order valence-electron chi connectivity index (χ3n) is 9.10. The van der Waals surface area contributed by atoms with Crippen molar-refractivity contribution in [3.8, 4) is 0 Å².